The van der Waals surface area contributed by atoms with Gasteiger partial charge in [-0.2, -0.15) is 0 Å². The van der Waals surface area contributed by atoms with Gasteiger partial charge in [-0.15, -0.1) is 0 Å². The molecule has 0 aliphatic rings. The van der Waals surface area contributed by atoms with Crippen molar-refractivity contribution in [1.82, 2.24) is 14.9 Å². The van der Waals surface area contributed by atoms with Gasteiger partial charge >= 0.3 is 0 Å². The molecule has 2 rings (SSSR count). The Kier molecular flexibility index (Phi) is 5.03. The second kappa shape index (κ2) is 6.79. The van der Waals surface area contributed by atoms with Crippen LogP contribution in [0.2, 0.25) is 0 Å². The summed E-state index contributed by atoms with van der Waals surface area (Å²) in [6.45, 7) is 4.05. The summed E-state index contributed by atoms with van der Waals surface area (Å²) in [6, 6.07) is 5.29. The Morgan fingerprint density at radius 2 is 1.64 bits per heavy atom. The lowest BCUT2D eigenvalue weighted by atomic mass is 10.0. The number of benzene rings is 1. The first-order chi connectivity index (χ1) is 10.4. The van der Waals surface area contributed by atoms with E-state index in [0.29, 0.717) is 12.5 Å². The second-order valence-corrected chi connectivity index (χ2v) is 5.47. The molecule has 0 spiro atoms. The number of likely N-dealkylation sites (N-methyl/N-ethyl adjacent to an activating group) is 1. The van der Waals surface area contributed by atoms with Crippen LogP contribution in [0, 0.1) is 25.5 Å². The van der Waals surface area contributed by atoms with E-state index in [1.807, 2.05) is 19.9 Å². The van der Waals surface area contributed by atoms with E-state index in [0.717, 1.165) is 11.4 Å². The van der Waals surface area contributed by atoms with E-state index in [9.17, 15) is 8.78 Å². The highest BCUT2D eigenvalue weighted by atomic mass is 19.1. The normalized spacial score (nSPS) is 12.5. The smallest absolute Gasteiger partial charge is 0.223 e. The third-order valence-corrected chi connectivity index (χ3v) is 3.39. The summed E-state index contributed by atoms with van der Waals surface area (Å²) in [4.78, 5) is 10.3. The van der Waals surface area contributed by atoms with Crippen molar-refractivity contribution >= 4 is 5.95 Å². The molecule has 1 heterocycles. The highest BCUT2D eigenvalue weighted by Crippen LogP contribution is 2.24. The van der Waals surface area contributed by atoms with Crippen molar-refractivity contribution in [2.75, 3.05) is 26.0 Å². The molecule has 0 saturated heterocycles. The van der Waals surface area contributed by atoms with Gasteiger partial charge in [-0.3, -0.25) is 0 Å². The summed E-state index contributed by atoms with van der Waals surface area (Å²) in [7, 11) is 3.56. The number of rotatable bonds is 5. The van der Waals surface area contributed by atoms with Gasteiger partial charge in [-0.25, -0.2) is 18.7 Å². The molecule has 2 aromatic rings. The van der Waals surface area contributed by atoms with Crippen LogP contribution in [-0.2, 0) is 0 Å². The van der Waals surface area contributed by atoms with Crippen LogP contribution < -0.4 is 5.32 Å². The molecule has 118 valence electrons. The van der Waals surface area contributed by atoms with E-state index < -0.39 is 17.7 Å². The van der Waals surface area contributed by atoms with Crippen LogP contribution in [0.1, 0.15) is 23.0 Å². The van der Waals surface area contributed by atoms with Crippen molar-refractivity contribution in [3.8, 4) is 0 Å². The third-order valence-electron chi connectivity index (χ3n) is 3.39. The zero-order valence-electron chi connectivity index (χ0n) is 13.2. The number of nitrogens with one attached hydrogen (secondary N) is 1. The van der Waals surface area contributed by atoms with Crippen molar-refractivity contribution in [3.63, 3.8) is 0 Å². The summed E-state index contributed by atoms with van der Waals surface area (Å²) >= 11 is 0. The number of anilines is 1. The fraction of sp³-hybridized carbons (Fsp3) is 0.375. The second-order valence-electron chi connectivity index (χ2n) is 5.47. The molecule has 0 aliphatic carbocycles. The van der Waals surface area contributed by atoms with E-state index in [2.05, 4.69) is 15.3 Å². The number of halogens is 2. The number of aryl methyl sites for hydroxylation is 2. The van der Waals surface area contributed by atoms with Gasteiger partial charge in [0, 0.05) is 23.5 Å². The lowest BCUT2D eigenvalue weighted by Gasteiger charge is -2.26. The molecule has 1 unspecified atom stereocenters. The third kappa shape index (κ3) is 3.76. The standard InChI is InChI=1S/C16H20F2N4/c1-10-8-11(2)21-16(20-10)19-9-14(22(3)4)15-12(17)6-5-7-13(15)18/h5-8,14H,9H2,1-4H3,(H,19,20,21). The minimum Gasteiger partial charge on any atom is -0.352 e. The molecule has 1 aromatic carbocycles. The van der Waals surface area contributed by atoms with Crippen LogP contribution in [0.25, 0.3) is 0 Å². The highest BCUT2D eigenvalue weighted by Gasteiger charge is 2.22. The average molecular weight is 306 g/mol. The summed E-state index contributed by atoms with van der Waals surface area (Å²) < 4.78 is 28.0. The Bertz CT molecular complexity index is 618. The number of nitrogens with zero attached hydrogens (tertiary/aromatic N) is 3. The SMILES string of the molecule is Cc1cc(C)nc(NCC(c2c(F)cccc2F)N(C)C)n1. The first-order valence-corrected chi connectivity index (χ1v) is 7.05. The minimum absolute atomic E-state index is 0.0457. The van der Waals surface area contributed by atoms with Crippen molar-refractivity contribution < 1.29 is 8.78 Å². The Morgan fingerprint density at radius 1 is 1.09 bits per heavy atom. The predicted octanol–water partition coefficient (Wildman–Crippen LogP) is 3.09. The lowest BCUT2D eigenvalue weighted by Crippen LogP contribution is -2.29. The van der Waals surface area contributed by atoms with Gasteiger partial charge < -0.3 is 10.2 Å². The van der Waals surface area contributed by atoms with Gasteiger partial charge in [-0.1, -0.05) is 6.07 Å². The van der Waals surface area contributed by atoms with Gasteiger partial charge in [0.05, 0.1) is 6.04 Å². The Morgan fingerprint density at radius 3 is 2.14 bits per heavy atom. The minimum atomic E-state index is -0.554. The van der Waals surface area contributed by atoms with Crippen LogP contribution in [0.4, 0.5) is 14.7 Å². The topological polar surface area (TPSA) is 41.1 Å². The Hall–Kier alpha value is -2.08. The fourth-order valence-electron chi connectivity index (χ4n) is 2.36. The molecule has 1 aromatic heterocycles. The zero-order valence-corrected chi connectivity index (χ0v) is 13.2. The van der Waals surface area contributed by atoms with E-state index in [4.69, 9.17) is 0 Å². The van der Waals surface area contributed by atoms with Gasteiger partial charge in [0.1, 0.15) is 11.6 Å². The summed E-state index contributed by atoms with van der Waals surface area (Å²) in [5.74, 6) is -0.648. The molecule has 0 aliphatic heterocycles. The molecule has 0 fully saturated rings. The van der Waals surface area contributed by atoms with Gasteiger partial charge in [0.25, 0.3) is 0 Å². The molecule has 4 nitrogen and oxygen atoms in total. The molecule has 0 bridgehead atoms. The number of hydrogen-bond donors (Lipinski definition) is 1. The van der Waals surface area contributed by atoms with E-state index in [-0.39, 0.29) is 5.56 Å². The summed E-state index contributed by atoms with van der Waals surface area (Å²) in [6.07, 6.45) is 0. The van der Waals surface area contributed by atoms with E-state index >= 15 is 0 Å². The van der Waals surface area contributed by atoms with E-state index in [1.54, 1.807) is 19.0 Å². The first kappa shape index (κ1) is 16.3. The largest absolute Gasteiger partial charge is 0.352 e. The molecule has 1 N–H and O–H groups in total. The maximum Gasteiger partial charge on any atom is 0.223 e. The monoisotopic (exact) mass is 306 g/mol. The average Bonchev–Trinajstić information content (AvgIpc) is 2.40. The quantitative estimate of drug-likeness (QED) is 0.921. The van der Waals surface area contributed by atoms with Crippen LogP contribution in [0.5, 0.6) is 0 Å². The number of hydrogen-bond acceptors (Lipinski definition) is 4. The highest BCUT2D eigenvalue weighted by molar-refractivity contribution is 5.30. The number of aromatic nitrogens is 2. The van der Waals surface area contributed by atoms with Gasteiger partial charge in [0.15, 0.2) is 0 Å². The van der Waals surface area contributed by atoms with Crippen molar-refractivity contribution in [2.24, 2.45) is 0 Å². The maximum atomic E-state index is 14.0. The molecule has 0 radical (unpaired) electrons. The lowest BCUT2D eigenvalue weighted by molar-refractivity contribution is 0.295. The van der Waals surface area contributed by atoms with Crippen molar-refractivity contribution in [2.45, 2.75) is 19.9 Å². The zero-order chi connectivity index (χ0) is 16.3. The Labute approximate surface area is 129 Å². The van der Waals surface area contributed by atoms with Crippen LogP contribution >= 0.6 is 0 Å². The van der Waals surface area contributed by atoms with Crippen molar-refractivity contribution in [1.29, 1.82) is 0 Å². The molecule has 1 atom stereocenters. The molecular weight excluding hydrogens is 286 g/mol. The van der Waals surface area contributed by atoms with E-state index in [1.165, 1.54) is 18.2 Å². The molecule has 0 amide bonds. The predicted molar refractivity (Wildman–Crippen MR) is 82.8 cm³/mol. The molecule has 0 saturated carbocycles. The summed E-state index contributed by atoms with van der Waals surface area (Å²) in [5, 5.41) is 3.06. The molecule has 6 heteroatoms. The molecular formula is C16H20F2N4. The Balaban J connectivity index is 2.23. The first-order valence-electron chi connectivity index (χ1n) is 7.05. The van der Waals surface area contributed by atoms with Crippen LogP contribution in [-0.4, -0.2) is 35.5 Å². The van der Waals surface area contributed by atoms with Gasteiger partial charge in [-0.05, 0) is 46.1 Å². The van der Waals surface area contributed by atoms with Crippen molar-refractivity contribution in [3.05, 3.63) is 52.9 Å². The summed E-state index contributed by atoms with van der Waals surface area (Å²) in [5.41, 5.74) is 1.73. The fourth-order valence-corrected chi connectivity index (χ4v) is 2.36. The molecule has 22 heavy (non-hydrogen) atoms. The van der Waals surface area contributed by atoms with Crippen LogP contribution in [0.15, 0.2) is 24.3 Å². The van der Waals surface area contributed by atoms with Gasteiger partial charge in [0.2, 0.25) is 5.95 Å². The maximum absolute atomic E-state index is 14.0. The van der Waals surface area contributed by atoms with Crippen LogP contribution in [0.3, 0.4) is 0 Å².